The van der Waals surface area contributed by atoms with E-state index in [1.54, 1.807) is 11.9 Å². The Morgan fingerprint density at radius 1 is 1.20 bits per heavy atom. The SMILES string of the molecule is CNC(=O)c1ccc(-c2nc3cc(C)ccn3c2C[C@@H]2CN(C(=O)OC(C)(C)C)CCO2)c(C)c1. The molecule has 1 aliphatic rings. The molecule has 0 aliphatic carbocycles. The highest BCUT2D eigenvalue weighted by Crippen LogP contribution is 2.30. The molecule has 2 aromatic heterocycles. The molecule has 8 nitrogen and oxygen atoms in total. The van der Waals surface area contributed by atoms with Crippen LogP contribution in [0.4, 0.5) is 4.79 Å². The average Bonchev–Trinajstić information content (AvgIpc) is 3.14. The molecule has 0 unspecified atom stereocenters. The van der Waals surface area contributed by atoms with Gasteiger partial charge < -0.3 is 24.1 Å². The minimum absolute atomic E-state index is 0.122. The van der Waals surface area contributed by atoms with Gasteiger partial charge >= 0.3 is 6.09 Å². The fourth-order valence-electron chi connectivity index (χ4n) is 4.37. The maximum Gasteiger partial charge on any atom is 0.410 e. The number of nitrogens with one attached hydrogen (secondary N) is 1. The zero-order chi connectivity index (χ0) is 25.3. The number of imidazole rings is 1. The first-order chi connectivity index (χ1) is 16.6. The molecule has 35 heavy (non-hydrogen) atoms. The van der Waals surface area contributed by atoms with Crippen molar-refractivity contribution in [3.8, 4) is 11.3 Å². The highest BCUT2D eigenvalue weighted by atomic mass is 16.6. The number of hydrogen-bond acceptors (Lipinski definition) is 5. The Hall–Kier alpha value is -3.39. The van der Waals surface area contributed by atoms with Crippen LogP contribution in [0.5, 0.6) is 0 Å². The number of hydrogen-bond donors (Lipinski definition) is 1. The molecule has 0 spiro atoms. The van der Waals surface area contributed by atoms with Gasteiger partial charge in [0.05, 0.1) is 30.6 Å². The molecule has 0 radical (unpaired) electrons. The second-order valence-corrected chi connectivity index (χ2v) is 10.1. The number of rotatable bonds is 4. The first-order valence-corrected chi connectivity index (χ1v) is 12.0. The fraction of sp³-hybridized carbons (Fsp3) is 0.444. The lowest BCUT2D eigenvalue weighted by molar-refractivity contribution is -0.0418. The van der Waals surface area contributed by atoms with Gasteiger partial charge in [0, 0.05) is 37.3 Å². The van der Waals surface area contributed by atoms with Gasteiger partial charge in [-0.05, 0) is 70.0 Å². The average molecular weight is 479 g/mol. The Labute approximate surface area is 206 Å². The smallest absolute Gasteiger partial charge is 0.410 e. The van der Waals surface area contributed by atoms with Crippen molar-refractivity contribution in [2.24, 2.45) is 0 Å². The van der Waals surface area contributed by atoms with Crippen LogP contribution < -0.4 is 5.32 Å². The van der Waals surface area contributed by atoms with Gasteiger partial charge in [-0.2, -0.15) is 0 Å². The summed E-state index contributed by atoms with van der Waals surface area (Å²) in [4.78, 5) is 31.4. The largest absolute Gasteiger partial charge is 0.444 e. The quantitative estimate of drug-likeness (QED) is 0.609. The van der Waals surface area contributed by atoms with E-state index in [4.69, 9.17) is 14.5 Å². The molecule has 4 rings (SSSR count). The molecule has 186 valence electrons. The van der Waals surface area contributed by atoms with Crippen LogP contribution >= 0.6 is 0 Å². The van der Waals surface area contributed by atoms with Crippen LogP contribution in [0.25, 0.3) is 16.9 Å². The molecule has 1 aliphatic heterocycles. The van der Waals surface area contributed by atoms with Gasteiger partial charge in [0.1, 0.15) is 11.2 Å². The van der Waals surface area contributed by atoms with Crippen molar-refractivity contribution in [2.75, 3.05) is 26.7 Å². The summed E-state index contributed by atoms with van der Waals surface area (Å²) in [6.45, 7) is 11.0. The van der Waals surface area contributed by atoms with E-state index in [0.29, 0.717) is 31.7 Å². The summed E-state index contributed by atoms with van der Waals surface area (Å²) in [5.41, 5.74) is 5.83. The van der Waals surface area contributed by atoms with Gasteiger partial charge in [0.15, 0.2) is 0 Å². The number of aryl methyl sites for hydroxylation is 2. The summed E-state index contributed by atoms with van der Waals surface area (Å²) in [5.74, 6) is -0.122. The van der Waals surface area contributed by atoms with E-state index in [1.165, 1.54) is 0 Å². The number of benzene rings is 1. The molecule has 3 aromatic rings. The van der Waals surface area contributed by atoms with Crippen LogP contribution in [-0.2, 0) is 15.9 Å². The minimum atomic E-state index is -0.546. The minimum Gasteiger partial charge on any atom is -0.444 e. The van der Waals surface area contributed by atoms with Crippen LogP contribution in [0.3, 0.4) is 0 Å². The van der Waals surface area contributed by atoms with Gasteiger partial charge in [-0.25, -0.2) is 9.78 Å². The molecule has 1 aromatic carbocycles. The Morgan fingerprint density at radius 3 is 2.66 bits per heavy atom. The van der Waals surface area contributed by atoms with Crippen molar-refractivity contribution < 1.29 is 19.1 Å². The van der Waals surface area contributed by atoms with E-state index in [9.17, 15) is 9.59 Å². The standard InChI is InChI=1S/C27H34N4O4/c1-17-9-10-31-22(15-20-16-30(11-12-34-20)26(33)35-27(3,4)5)24(29-23(31)13-17)21-8-7-19(14-18(21)2)25(32)28-6/h7-10,13-14,20H,11-12,15-16H2,1-6H3,(H,28,32)/t20-/m1/s1. The van der Waals surface area contributed by atoms with Crippen LogP contribution in [0, 0.1) is 13.8 Å². The third-order valence-corrected chi connectivity index (χ3v) is 6.06. The molecule has 1 saturated heterocycles. The second kappa shape index (κ2) is 9.70. The summed E-state index contributed by atoms with van der Waals surface area (Å²) >= 11 is 0. The lowest BCUT2D eigenvalue weighted by Gasteiger charge is -2.34. The van der Waals surface area contributed by atoms with Crippen molar-refractivity contribution in [1.82, 2.24) is 19.6 Å². The number of amides is 2. The number of morpholine rings is 1. The number of carbonyl (C=O) groups is 2. The monoisotopic (exact) mass is 478 g/mol. The topological polar surface area (TPSA) is 85.2 Å². The predicted molar refractivity (Wildman–Crippen MR) is 135 cm³/mol. The highest BCUT2D eigenvalue weighted by Gasteiger charge is 2.30. The number of ether oxygens (including phenoxy) is 2. The molecule has 1 atom stereocenters. The van der Waals surface area contributed by atoms with E-state index < -0.39 is 5.60 Å². The van der Waals surface area contributed by atoms with Crippen molar-refractivity contribution in [3.63, 3.8) is 0 Å². The van der Waals surface area contributed by atoms with Crippen molar-refractivity contribution in [2.45, 2.75) is 52.7 Å². The summed E-state index contributed by atoms with van der Waals surface area (Å²) < 4.78 is 13.7. The van der Waals surface area contributed by atoms with Gasteiger partial charge in [-0.15, -0.1) is 0 Å². The molecule has 0 saturated carbocycles. The summed E-state index contributed by atoms with van der Waals surface area (Å²) in [7, 11) is 1.62. The lowest BCUT2D eigenvalue weighted by Crippen LogP contribution is -2.48. The van der Waals surface area contributed by atoms with Gasteiger partial charge in [0.25, 0.3) is 5.91 Å². The fourth-order valence-corrected chi connectivity index (χ4v) is 4.37. The molecule has 8 heteroatoms. The third-order valence-electron chi connectivity index (χ3n) is 6.06. The van der Waals surface area contributed by atoms with Gasteiger partial charge in [-0.1, -0.05) is 6.07 Å². The first kappa shape index (κ1) is 24.7. The van der Waals surface area contributed by atoms with Gasteiger partial charge in [0.2, 0.25) is 0 Å². The number of fused-ring (bicyclic) bond motifs is 1. The third kappa shape index (κ3) is 5.48. The lowest BCUT2D eigenvalue weighted by atomic mass is 9.99. The Kier molecular flexibility index (Phi) is 6.85. The molecular weight excluding hydrogens is 444 g/mol. The Balaban J connectivity index is 1.68. The maximum absolute atomic E-state index is 12.7. The highest BCUT2D eigenvalue weighted by molar-refractivity contribution is 5.95. The zero-order valence-corrected chi connectivity index (χ0v) is 21.3. The molecule has 0 bridgehead atoms. The van der Waals surface area contributed by atoms with Crippen molar-refractivity contribution in [3.05, 3.63) is 58.9 Å². The molecule has 3 heterocycles. The van der Waals surface area contributed by atoms with E-state index in [1.807, 2.05) is 59.0 Å². The van der Waals surface area contributed by atoms with E-state index >= 15 is 0 Å². The summed E-state index contributed by atoms with van der Waals surface area (Å²) in [5, 5.41) is 2.67. The first-order valence-electron chi connectivity index (χ1n) is 12.0. The number of aromatic nitrogens is 2. The summed E-state index contributed by atoms with van der Waals surface area (Å²) in [6.07, 6.45) is 2.09. The predicted octanol–water partition coefficient (Wildman–Crippen LogP) is 4.16. The van der Waals surface area contributed by atoms with Crippen molar-refractivity contribution in [1.29, 1.82) is 0 Å². The molecule has 1 N–H and O–H groups in total. The Morgan fingerprint density at radius 2 is 1.97 bits per heavy atom. The van der Waals surface area contributed by atoms with Crippen LogP contribution in [-0.4, -0.2) is 64.7 Å². The normalized spacial score (nSPS) is 16.4. The van der Waals surface area contributed by atoms with Crippen LogP contribution in [0.2, 0.25) is 0 Å². The molecule has 2 amide bonds. The van der Waals surface area contributed by atoms with E-state index in [0.717, 1.165) is 33.7 Å². The van der Waals surface area contributed by atoms with Gasteiger partial charge in [-0.3, -0.25) is 4.79 Å². The van der Waals surface area contributed by atoms with Crippen LogP contribution in [0.1, 0.15) is 48.0 Å². The number of carbonyl (C=O) groups excluding carboxylic acids is 2. The summed E-state index contributed by atoms with van der Waals surface area (Å²) in [6, 6.07) is 9.76. The number of pyridine rings is 1. The van der Waals surface area contributed by atoms with E-state index in [-0.39, 0.29) is 18.1 Å². The van der Waals surface area contributed by atoms with E-state index in [2.05, 4.69) is 21.9 Å². The van der Waals surface area contributed by atoms with Crippen LogP contribution in [0.15, 0.2) is 36.5 Å². The zero-order valence-electron chi connectivity index (χ0n) is 21.3. The molecule has 1 fully saturated rings. The number of nitrogens with zero attached hydrogens (tertiary/aromatic N) is 3. The van der Waals surface area contributed by atoms with Crippen molar-refractivity contribution >= 4 is 17.6 Å². The second-order valence-electron chi connectivity index (χ2n) is 10.1. The molecular formula is C27H34N4O4. The Bertz CT molecular complexity index is 1260. The maximum atomic E-state index is 12.7.